The fourth-order valence-corrected chi connectivity index (χ4v) is 1.60. The number of allylic oxidation sites excluding steroid dienone is 2. The number of thiol groups is 1. The van der Waals surface area contributed by atoms with Gasteiger partial charge in [-0.3, -0.25) is 4.79 Å². The molecule has 0 aliphatic carbocycles. The molecule has 2 N–H and O–H groups in total. The summed E-state index contributed by atoms with van der Waals surface area (Å²) in [4.78, 5) is 10.0. The predicted molar refractivity (Wildman–Crippen MR) is 39.4 cm³/mol. The van der Waals surface area contributed by atoms with Gasteiger partial charge in [-0.25, -0.2) is 10.3 Å². The van der Waals surface area contributed by atoms with E-state index in [9.17, 15) is 4.79 Å². The summed E-state index contributed by atoms with van der Waals surface area (Å²) in [6.07, 6.45) is 4.40. The Bertz CT molecular complexity index is 154. The number of amides is 1. The molecule has 0 bridgehead atoms. The minimum absolute atomic E-state index is 0.624. The van der Waals surface area contributed by atoms with Crippen LogP contribution in [0.2, 0.25) is 0 Å². The number of hydrazine groups is 1. The van der Waals surface area contributed by atoms with Crippen molar-refractivity contribution in [2.24, 2.45) is 5.84 Å². The van der Waals surface area contributed by atoms with Crippen LogP contribution in [0.4, 0.5) is 0 Å². The maximum atomic E-state index is 10.0. The summed E-state index contributed by atoms with van der Waals surface area (Å²) in [5.41, 5.74) is 0. The molecule has 1 aliphatic rings. The summed E-state index contributed by atoms with van der Waals surface area (Å²) in [5, 5.41) is 3.81. The van der Waals surface area contributed by atoms with E-state index in [-0.39, 0.29) is 0 Å². The van der Waals surface area contributed by atoms with Crippen molar-refractivity contribution in [1.82, 2.24) is 4.41 Å². The fraction of sp³-hybridized carbons (Fsp3) is 0. The van der Waals surface area contributed by atoms with Crippen LogP contribution >= 0.6 is 11.1 Å². The lowest BCUT2D eigenvalue weighted by Gasteiger charge is -2.17. The Kier molecular flexibility index (Phi) is 1.92. The Balaban J connectivity index is 2.52. The number of hydrogen-bond acceptors (Lipinski definition) is 2. The molecule has 1 heterocycles. The van der Waals surface area contributed by atoms with Crippen LogP contribution in [0.15, 0.2) is 23.0 Å². The normalized spacial score (nSPS) is 18.6. The van der Waals surface area contributed by atoms with Gasteiger partial charge >= 0.3 is 0 Å². The van der Waals surface area contributed by atoms with Crippen molar-refractivity contribution < 1.29 is 4.79 Å². The molecule has 0 saturated heterocycles. The average Bonchev–Trinajstić information content (AvgIpc) is 2.37. The molecule has 0 atom stereocenters. The van der Waals surface area contributed by atoms with E-state index in [2.05, 4.69) is 0 Å². The summed E-state index contributed by atoms with van der Waals surface area (Å²) in [7, 11) is 0. The van der Waals surface area contributed by atoms with Crippen molar-refractivity contribution in [3.8, 4) is 0 Å². The Morgan fingerprint density at radius 3 is 2.44 bits per heavy atom. The summed E-state index contributed by atoms with van der Waals surface area (Å²) in [6.45, 7) is 0. The first-order valence-electron chi connectivity index (χ1n) is 2.47. The van der Waals surface area contributed by atoms with Gasteiger partial charge in [-0.15, -0.1) is 11.1 Å². The monoisotopic (exact) mass is 144 g/mol. The van der Waals surface area contributed by atoms with Crippen LogP contribution in [0.3, 0.4) is 0 Å². The van der Waals surface area contributed by atoms with E-state index in [0.717, 1.165) is 0 Å². The van der Waals surface area contributed by atoms with E-state index >= 15 is 0 Å². The molecule has 9 heavy (non-hydrogen) atoms. The molecule has 50 valence electrons. The lowest BCUT2D eigenvalue weighted by atomic mass is 10.6. The van der Waals surface area contributed by atoms with Gasteiger partial charge in [0, 0.05) is 0 Å². The van der Waals surface area contributed by atoms with E-state index in [0.29, 0.717) is 6.41 Å². The van der Waals surface area contributed by atoms with Gasteiger partial charge in [0.1, 0.15) is 0 Å². The van der Waals surface area contributed by atoms with Crippen LogP contribution in [0.1, 0.15) is 0 Å². The molecule has 1 rings (SSSR count). The summed E-state index contributed by atoms with van der Waals surface area (Å²) >= 11 is -0.624. The molecular formula is C5H8N2OS. The second-order valence-corrected chi connectivity index (χ2v) is 3.37. The van der Waals surface area contributed by atoms with Gasteiger partial charge in [-0.1, -0.05) is 12.2 Å². The van der Waals surface area contributed by atoms with E-state index in [1.165, 1.54) is 4.41 Å². The zero-order chi connectivity index (χ0) is 6.69. The molecule has 3 nitrogen and oxygen atoms in total. The molecule has 0 aromatic carbocycles. The SMILES string of the molecule is NN(C=O)[SH]1C=CC=C1. The van der Waals surface area contributed by atoms with Gasteiger partial charge < -0.3 is 0 Å². The van der Waals surface area contributed by atoms with Crippen molar-refractivity contribution in [3.63, 3.8) is 0 Å². The Morgan fingerprint density at radius 1 is 1.44 bits per heavy atom. The molecule has 0 aromatic rings. The van der Waals surface area contributed by atoms with E-state index in [1.54, 1.807) is 0 Å². The molecule has 1 amide bonds. The Labute approximate surface area is 56.3 Å². The molecular weight excluding hydrogens is 136 g/mol. The predicted octanol–water partition coefficient (Wildman–Crippen LogP) is 0.276. The molecule has 0 spiro atoms. The zero-order valence-corrected chi connectivity index (χ0v) is 5.66. The highest BCUT2D eigenvalue weighted by atomic mass is 32.2. The summed E-state index contributed by atoms with van der Waals surface area (Å²) in [6, 6.07) is 0. The Hall–Kier alpha value is -0.740. The van der Waals surface area contributed by atoms with Crippen LogP contribution in [0, 0.1) is 0 Å². The molecule has 4 heteroatoms. The number of carbonyl (C=O) groups excluding carboxylic acids is 1. The van der Waals surface area contributed by atoms with Crippen LogP contribution in [0.25, 0.3) is 0 Å². The second-order valence-electron chi connectivity index (χ2n) is 1.55. The van der Waals surface area contributed by atoms with Crippen LogP contribution in [-0.4, -0.2) is 10.8 Å². The average molecular weight is 144 g/mol. The van der Waals surface area contributed by atoms with Crippen molar-refractivity contribution in [3.05, 3.63) is 23.0 Å². The van der Waals surface area contributed by atoms with Gasteiger partial charge in [0.15, 0.2) is 0 Å². The maximum absolute atomic E-state index is 10.0. The quantitative estimate of drug-likeness (QED) is 0.192. The Morgan fingerprint density at radius 2 is 2.00 bits per heavy atom. The first-order chi connectivity index (χ1) is 4.34. The second kappa shape index (κ2) is 2.70. The molecule has 0 radical (unpaired) electrons. The molecule has 0 saturated carbocycles. The van der Waals surface area contributed by atoms with Crippen molar-refractivity contribution >= 4 is 17.5 Å². The minimum Gasteiger partial charge on any atom is -0.276 e. The third-order valence-corrected chi connectivity index (χ3v) is 2.55. The van der Waals surface area contributed by atoms with Gasteiger partial charge in [0.2, 0.25) is 6.41 Å². The standard InChI is InChI=1S/C5H8N2OS/c6-7(5-8)9-3-1-2-4-9/h1-5,9H,6H2. The van der Waals surface area contributed by atoms with Gasteiger partial charge in [0.25, 0.3) is 0 Å². The lowest BCUT2D eigenvalue weighted by Crippen LogP contribution is -2.23. The number of nitrogens with two attached hydrogens (primary N) is 1. The minimum atomic E-state index is -0.624. The first-order valence-corrected chi connectivity index (χ1v) is 3.90. The largest absolute Gasteiger partial charge is 0.276 e. The van der Waals surface area contributed by atoms with E-state index in [4.69, 9.17) is 5.84 Å². The molecule has 1 aliphatic heterocycles. The van der Waals surface area contributed by atoms with Crippen molar-refractivity contribution in [2.75, 3.05) is 0 Å². The van der Waals surface area contributed by atoms with Crippen molar-refractivity contribution in [1.29, 1.82) is 0 Å². The fourth-order valence-electron chi connectivity index (χ4n) is 0.534. The third kappa shape index (κ3) is 1.34. The van der Waals surface area contributed by atoms with Gasteiger partial charge in [0.05, 0.1) is 0 Å². The highest BCUT2D eigenvalue weighted by Crippen LogP contribution is 2.32. The summed E-state index contributed by atoms with van der Waals surface area (Å²) in [5.74, 6) is 5.27. The highest BCUT2D eigenvalue weighted by Gasteiger charge is 2.02. The van der Waals surface area contributed by atoms with Crippen LogP contribution < -0.4 is 5.84 Å². The van der Waals surface area contributed by atoms with Crippen LogP contribution in [0.5, 0.6) is 0 Å². The number of carbonyl (C=O) groups is 1. The van der Waals surface area contributed by atoms with Crippen molar-refractivity contribution in [2.45, 2.75) is 0 Å². The molecule has 0 unspecified atom stereocenters. The van der Waals surface area contributed by atoms with Crippen LogP contribution in [-0.2, 0) is 4.79 Å². The number of rotatable bonds is 2. The topological polar surface area (TPSA) is 46.3 Å². The van der Waals surface area contributed by atoms with Gasteiger partial charge in [-0.2, -0.15) is 0 Å². The van der Waals surface area contributed by atoms with E-state index in [1.807, 2.05) is 23.0 Å². The van der Waals surface area contributed by atoms with Gasteiger partial charge in [-0.05, 0) is 10.8 Å². The molecule has 0 fully saturated rings. The third-order valence-electron chi connectivity index (χ3n) is 0.963. The van der Waals surface area contributed by atoms with E-state index < -0.39 is 11.1 Å². The maximum Gasteiger partial charge on any atom is 0.232 e. The first kappa shape index (κ1) is 6.38. The highest BCUT2D eigenvalue weighted by molar-refractivity contribution is 8.20. The zero-order valence-electron chi connectivity index (χ0n) is 4.77. The summed E-state index contributed by atoms with van der Waals surface area (Å²) < 4.78 is 1.18. The number of nitrogens with zero attached hydrogens (tertiary/aromatic N) is 1. The molecule has 0 aromatic heterocycles. The lowest BCUT2D eigenvalue weighted by molar-refractivity contribution is -0.113. The smallest absolute Gasteiger partial charge is 0.232 e. The number of hydrogen-bond donors (Lipinski definition) is 2.